The summed E-state index contributed by atoms with van der Waals surface area (Å²) in [4.78, 5) is 13.9. The van der Waals surface area contributed by atoms with Crippen LogP contribution in [0.4, 0.5) is 10.6 Å². The highest BCUT2D eigenvalue weighted by molar-refractivity contribution is 5.67. The van der Waals surface area contributed by atoms with E-state index in [0.717, 1.165) is 30.9 Å². The summed E-state index contributed by atoms with van der Waals surface area (Å²) in [6, 6.07) is 4.18. The number of ether oxygens (including phenoxy) is 1. The van der Waals surface area contributed by atoms with Crippen LogP contribution < -0.4 is 10.2 Å². The van der Waals surface area contributed by atoms with Gasteiger partial charge in [-0.2, -0.15) is 5.10 Å². The number of hydrogen-bond acceptors (Lipinski definition) is 5. The Morgan fingerprint density at radius 1 is 1.43 bits per heavy atom. The van der Waals surface area contributed by atoms with E-state index in [-0.39, 0.29) is 12.1 Å². The molecule has 1 fully saturated rings. The summed E-state index contributed by atoms with van der Waals surface area (Å²) in [6.07, 6.45) is 1.76. The van der Waals surface area contributed by atoms with Gasteiger partial charge in [-0.25, -0.2) is 4.79 Å². The topological polar surface area (TPSA) is 67.4 Å². The van der Waals surface area contributed by atoms with Gasteiger partial charge >= 0.3 is 6.09 Å². The molecule has 0 radical (unpaired) electrons. The van der Waals surface area contributed by atoms with Crippen molar-refractivity contribution in [2.75, 3.05) is 18.0 Å². The van der Waals surface area contributed by atoms with Crippen LogP contribution in [0.15, 0.2) is 12.1 Å². The van der Waals surface area contributed by atoms with Gasteiger partial charge in [-0.3, -0.25) is 0 Å². The summed E-state index contributed by atoms with van der Waals surface area (Å²) in [6.45, 7) is 8.99. The number of hydrogen-bond donors (Lipinski definition) is 1. The van der Waals surface area contributed by atoms with Crippen molar-refractivity contribution in [2.45, 2.75) is 52.2 Å². The number of nitrogens with one attached hydrogen (secondary N) is 1. The van der Waals surface area contributed by atoms with Crippen molar-refractivity contribution in [1.29, 1.82) is 0 Å². The highest BCUT2D eigenvalue weighted by Crippen LogP contribution is 2.22. The number of aryl methyl sites for hydroxylation is 1. The van der Waals surface area contributed by atoms with Gasteiger partial charge in [-0.05, 0) is 52.7 Å². The fraction of sp³-hybridized carbons (Fsp3) is 0.667. The lowest BCUT2D eigenvalue weighted by Gasteiger charge is -2.26. The molecule has 1 saturated heterocycles. The maximum Gasteiger partial charge on any atom is 0.407 e. The van der Waals surface area contributed by atoms with E-state index in [9.17, 15) is 4.79 Å². The number of carbonyl (C=O) groups excluding carboxylic acids is 1. The number of amides is 1. The number of rotatable bonds is 3. The number of alkyl carbamates (subject to hydrolysis) is 1. The van der Waals surface area contributed by atoms with Crippen molar-refractivity contribution in [2.24, 2.45) is 0 Å². The molecule has 0 saturated carbocycles. The number of carbonyl (C=O) groups is 1. The van der Waals surface area contributed by atoms with E-state index >= 15 is 0 Å². The van der Waals surface area contributed by atoms with E-state index in [1.807, 2.05) is 39.8 Å². The first-order chi connectivity index (χ1) is 9.85. The smallest absolute Gasteiger partial charge is 0.407 e. The van der Waals surface area contributed by atoms with Gasteiger partial charge in [0, 0.05) is 19.1 Å². The average Bonchev–Trinajstić information content (AvgIpc) is 2.83. The average molecular weight is 292 g/mol. The van der Waals surface area contributed by atoms with Crippen molar-refractivity contribution in [3.63, 3.8) is 0 Å². The largest absolute Gasteiger partial charge is 0.444 e. The van der Waals surface area contributed by atoms with E-state index in [0.29, 0.717) is 6.54 Å². The maximum absolute atomic E-state index is 11.7. The summed E-state index contributed by atoms with van der Waals surface area (Å²) < 4.78 is 5.26. The number of anilines is 1. The lowest BCUT2D eigenvalue weighted by molar-refractivity contribution is 0.0525. The number of aromatic nitrogens is 2. The van der Waals surface area contributed by atoms with Crippen molar-refractivity contribution in [1.82, 2.24) is 15.5 Å². The first-order valence-corrected chi connectivity index (χ1v) is 7.39. The standard InChI is InChI=1S/C15H24N4O2/c1-11-7-8-13(18-17-11)19-9-5-6-12(19)10-16-14(20)21-15(2,3)4/h7-8,12H,5-6,9-10H2,1-4H3,(H,16,20)/t12-/m1/s1. The van der Waals surface area contributed by atoms with E-state index in [1.165, 1.54) is 0 Å². The predicted molar refractivity (Wildman–Crippen MR) is 81.4 cm³/mol. The Bertz CT molecular complexity index is 481. The Balaban J connectivity index is 1.90. The number of nitrogens with zero attached hydrogens (tertiary/aromatic N) is 3. The second-order valence-electron chi connectivity index (χ2n) is 6.41. The van der Waals surface area contributed by atoms with Gasteiger partial charge in [0.25, 0.3) is 0 Å². The molecule has 116 valence electrons. The molecule has 0 bridgehead atoms. The lowest BCUT2D eigenvalue weighted by atomic mass is 10.2. The third-order valence-electron chi connectivity index (χ3n) is 3.34. The van der Waals surface area contributed by atoms with Crippen LogP contribution in [0, 0.1) is 6.92 Å². The maximum atomic E-state index is 11.7. The van der Waals surface area contributed by atoms with Gasteiger partial charge in [-0.1, -0.05) is 0 Å². The molecule has 6 nitrogen and oxygen atoms in total. The van der Waals surface area contributed by atoms with E-state index in [1.54, 1.807) is 0 Å². The van der Waals surface area contributed by atoms with Crippen LogP contribution in [-0.2, 0) is 4.74 Å². The van der Waals surface area contributed by atoms with Gasteiger partial charge in [0.05, 0.1) is 5.69 Å². The molecule has 0 unspecified atom stereocenters. The highest BCUT2D eigenvalue weighted by atomic mass is 16.6. The fourth-order valence-corrected chi connectivity index (χ4v) is 2.41. The fourth-order valence-electron chi connectivity index (χ4n) is 2.41. The molecular weight excluding hydrogens is 268 g/mol. The molecule has 2 rings (SSSR count). The molecule has 0 aliphatic carbocycles. The normalized spacial score (nSPS) is 18.7. The molecule has 1 aromatic rings. The quantitative estimate of drug-likeness (QED) is 0.925. The lowest BCUT2D eigenvalue weighted by Crippen LogP contribution is -2.42. The van der Waals surface area contributed by atoms with Crippen molar-refractivity contribution >= 4 is 11.9 Å². The monoisotopic (exact) mass is 292 g/mol. The predicted octanol–water partition coefficient (Wildman–Crippen LogP) is 2.28. The molecule has 2 heterocycles. The van der Waals surface area contributed by atoms with Crippen LogP contribution >= 0.6 is 0 Å². The Morgan fingerprint density at radius 3 is 2.81 bits per heavy atom. The third kappa shape index (κ3) is 4.58. The zero-order chi connectivity index (χ0) is 15.5. The molecule has 6 heteroatoms. The van der Waals surface area contributed by atoms with Gasteiger partial charge in [0.2, 0.25) is 0 Å². The molecule has 21 heavy (non-hydrogen) atoms. The van der Waals surface area contributed by atoms with Crippen LogP contribution in [0.3, 0.4) is 0 Å². The minimum absolute atomic E-state index is 0.245. The SMILES string of the molecule is Cc1ccc(N2CCC[C@@H]2CNC(=O)OC(C)(C)C)nn1. The molecule has 0 spiro atoms. The highest BCUT2D eigenvalue weighted by Gasteiger charge is 2.27. The summed E-state index contributed by atoms with van der Waals surface area (Å²) in [7, 11) is 0. The summed E-state index contributed by atoms with van der Waals surface area (Å²) in [5, 5.41) is 11.2. The molecule has 1 aliphatic rings. The van der Waals surface area contributed by atoms with Crippen molar-refractivity contribution in [3.05, 3.63) is 17.8 Å². The summed E-state index contributed by atoms with van der Waals surface area (Å²) >= 11 is 0. The Morgan fingerprint density at radius 2 is 2.19 bits per heavy atom. The minimum atomic E-state index is -0.470. The molecule has 1 N–H and O–H groups in total. The second kappa shape index (κ2) is 6.28. The molecule has 1 aliphatic heterocycles. The zero-order valence-electron chi connectivity index (χ0n) is 13.2. The molecular formula is C15H24N4O2. The Kier molecular flexibility index (Phi) is 4.65. The van der Waals surface area contributed by atoms with Crippen LogP contribution in [0.25, 0.3) is 0 Å². The van der Waals surface area contributed by atoms with Gasteiger partial charge in [-0.15, -0.1) is 5.10 Å². The van der Waals surface area contributed by atoms with E-state index < -0.39 is 5.60 Å². The molecule has 1 atom stereocenters. The van der Waals surface area contributed by atoms with Gasteiger partial charge in [0.15, 0.2) is 5.82 Å². The summed E-state index contributed by atoms with van der Waals surface area (Å²) in [5.74, 6) is 0.870. The van der Waals surface area contributed by atoms with Crippen LogP contribution in [0.1, 0.15) is 39.3 Å². The first-order valence-electron chi connectivity index (χ1n) is 7.39. The Labute approximate surface area is 125 Å². The van der Waals surface area contributed by atoms with Crippen LogP contribution in [-0.4, -0.2) is 41.0 Å². The van der Waals surface area contributed by atoms with Crippen LogP contribution in [0.2, 0.25) is 0 Å². The molecule has 1 aromatic heterocycles. The summed E-state index contributed by atoms with van der Waals surface area (Å²) in [5.41, 5.74) is 0.434. The Hall–Kier alpha value is -1.85. The minimum Gasteiger partial charge on any atom is -0.444 e. The van der Waals surface area contributed by atoms with Crippen LogP contribution in [0.5, 0.6) is 0 Å². The van der Waals surface area contributed by atoms with E-state index in [2.05, 4.69) is 20.4 Å². The molecule has 1 amide bonds. The molecule has 0 aromatic carbocycles. The van der Waals surface area contributed by atoms with Gasteiger partial charge in [0.1, 0.15) is 5.60 Å². The third-order valence-corrected chi connectivity index (χ3v) is 3.34. The second-order valence-corrected chi connectivity index (χ2v) is 6.41. The first kappa shape index (κ1) is 15.5. The zero-order valence-corrected chi connectivity index (χ0v) is 13.2. The van der Waals surface area contributed by atoms with Crippen molar-refractivity contribution < 1.29 is 9.53 Å². The van der Waals surface area contributed by atoms with E-state index in [4.69, 9.17) is 4.74 Å². The van der Waals surface area contributed by atoms with Crippen molar-refractivity contribution in [3.8, 4) is 0 Å². The van der Waals surface area contributed by atoms with Gasteiger partial charge < -0.3 is 15.0 Å².